The van der Waals surface area contributed by atoms with Gasteiger partial charge in [0.1, 0.15) is 10.9 Å². The Morgan fingerprint density at radius 3 is 2.76 bits per heavy atom. The van der Waals surface area contributed by atoms with E-state index >= 15 is 0 Å². The fourth-order valence-corrected chi connectivity index (χ4v) is 2.26. The first-order valence-corrected chi connectivity index (χ1v) is 6.13. The van der Waals surface area contributed by atoms with Gasteiger partial charge in [0.15, 0.2) is 5.82 Å². The molecule has 1 heterocycles. The van der Waals surface area contributed by atoms with E-state index in [2.05, 4.69) is 34.6 Å². The van der Waals surface area contributed by atoms with E-state index < -0.39 is 0 Å². The largest absolute Gasteiger partial charge is 0.338 e. The topological polar surface area (TPSA) is 48.7 Å². The van der Waals surface area contributed by atoms with Crippen LogP contribution in [0.25, 0.3) is 0 Å². The molecular formula is C13H13N3S. The van der Waals surface area contributed by atoms with Crippen molar-refractivity contribution in [3.63, 3.8) is 0 Å². The minimum Gasteiger partial charge on any atom is -0.338 e. The van der Waals surface area contributed by atoms with Crippen LogP contribution in [0.1, 0.15) is 21.0 Å². The van der Waals surface area contributed by atoms with Crippen LogP contribution in [0.3, 0.4) is 0 Å². The Morgan fingerprint density at radius 2 is 2.06 bits per heavy atom. The summed E-state index contributed by atoms with van der Waals surface area (Å²) in [5, 5.41) is 13.1. The van der Waals surface area contributed by atoms with Gasteiger partial charge in [-0.15, -0.1) is 11.3 Å². The molecule has 0 fully saturated rings. The summed E-state index contributed by atoms with van der Waals surface area (Å²) in [4.78, 5) is 4.96. The molecule has 86 valence electrons. The normalized spacial score (nSPS) is 10.0. The summed E-state index contributed by atoms with van der Waals surface area (Å²) in [7, 11) is 0. The van der Waals surface area contributed by atoms with Crippen molar-refractivity contribution in [2.45, 2.75) is 20.8 Å². The molecule has 17 heavy (non-hydrogen) atoms. The first-order chi connectivity index (χ1) is 8.10. The predicted molar refractivity (Wildman–Crippen MR) is 70.8 cm³/mol. The first kappa shape index (κ1) is 11.6. The fourth-order valence-electron chi connectivity index (χ4n) is 1.59. The maximum absolute atomic E-state index is 9.01. The van der Waals surface area contributed by atoms with Crippen LogP contribution in [0.15, 0.2) is 18.2 Å². The van der Waals surface area contributed by atoms with Crippen LogP contribution in [0, 0.1) is 32.1 Å². The molecule has 4 heteroatoms. The highest BCUT2D eigenvalue weighted by molar-refractivity contribution is 7.12. The van der Waals surface area contributed by atoms with Gasteiger partial charge in [-0.25, -0.2) is 4.98 Å². The van der Waals surface area contributed by atoms with Crippen LogP contribution in [-0.4, -0.2) is 4.98 Å². The number of nitrogens with one attached hydrogen (secondary N) is 1. The van der Waals surface area contributed by atoms with Crippen LogP contribution < -0.4 is 5.32 Å². The Kier molecular flexibility index (Phi) is 3.12. The Morgan fingerprint density at radius 1 is 1.29 bits per heavy atom. The number of aromatic nitrogens is 1. The maximum atomic E-state index is 9.01. The minimum atomic E-state index is 0.628. The van der Waals surface area contributed by atoms with Gasteiger partial charge in [0, 0.05) is 5.69 Å². The van der Waals surface area contributed by atoms with Crippen LogP contribution in [0.5, 0.6) is 0 Å². The number of anilines is 2. The van der Waals surface area contributed by atoms with Gasteiger partial charge in [0.2, 0.25) is 0 Å². The molecule has 0 aliphatic carbocycles. The van der Waals surface area contributed by atoms with E-state index in [9.17, 15) is 0 Å². The Labute approximate surface area is 105 Å². The number of benzene rings is 1. The van der Waals surface area contributed by atoms with Crippen molar-refractivity contribution in [2.75, 3.05) is 5.32 Å². The molecule has 2 aromatic rings. The molecular weight excluding hydrogens is 230 g/mol. The Hall–Kier alpha value is -1.86. The van der Waals surface area contributed by atoms with E-state index in [1.165, 1.54) is 16.9 Å². The molecule has 0 spiro atoms. The van der Waals surface area contributed by atoms with Crippen molar-refractivity contribution in [1.29, 1.82) is 5.26 Å². The van der Waals surface area contributed by atoms with Gasteiger partial charge in [0.25, 0.3) is 0 Å². The zero-order valence-electron chi connectivity index (χ0n) is 10.0. The molecule has 1 aromatic carbocycles. The molecule has 0 saturated heterocycles. The number of rotatable bonds is 2. The van der Waals surface area contributed by atoms with Crippen LogP contribution in [0.2, 0.25) is 0 Å². The lowest BCUT2D eigenvalue weighted by Gasteiger charge is -2.08. The van der Waals surface area contributed by atoms with E-state index in [0.717, 1.165) is 16.3 Å². The van der Waals surface area contributed by atoms with Gasteiger partial charge in [-0.2, -0.15) is 5.26 Å². The van der Waals surface area contributed by atoms with E-state index in [0.29, 0.717) is 10.7 Å². The van der Waals surface area contributed by atoms with Crippen LogP contribution in [0.4, 0.5) is 11.5 Å². The average Bonchev–Trinajstić information content (AvgIpc) is 2.64. The van der Waals surface area contributed by atoms with E-state index in [1.54, 1.807) is 0 Å². The standard InChI is InChI=1S/C13H13N3S/c1-8-4-5-9(2)11(6-8)16-13-12(7-14)17-10(3)15-13/h4-6,16H,1-3H3. The van der Waals surface area contributed by atoms with E-state index in [-0.39, 0.29) is 0 Å². The van der Waals surface area contributed by atoms with Gasteiger partial charge in [-0.05, 0) is 38.0 Å². The molecule has 0 unspecified atom stereocenters. The summed E-state index contributed by atoms with van der Waals surface area (Å²) in [6.45, 7) is 5.98. The molecule has 1 N–H and O–H groups in total. The highest BCUT2D eigenvalue weighted by atomic mass is 32.1. The summed E-state index contributed by atoms with van der Waals surface area (Å²) >= 11 is 1.41. The van der Waals surface area contributed by atoms with Crippen molar-refractivity contribution in [2.24, 2.45) is 0 Å². The third-order valence-electron chi connectivity index (χ3n) is 2.48. The summed E-state index contributed by atoms with van der Waals surface area (Å²) in [6, 6.07) is 8.35. The number of nitriles is 1. The first-order valence-electron chi connectivity index (χ1n) is 5.32. The van der Waals surface area contributed by atoms with Crippen molar-refractivity contribution < 1.29 is 0 Å². The lowest BCUT2D eigenvalue weighted by Crippen LogP contribution is -1.95. The molecule has 0 saturated carbocycles. The second-order valence-electron chi connectivity index (χ2n) is 3.97. The van der Waals surface area contributed by atoms with Crippen molar-refractivity contribution in [3.05, 3.63) is 39.2 Å². The molecule has 3 nitrogen and oxygen atoms in total. The molecule has 0 aliphatic rings. The van der Waals surface area contributed by atoms with Gasteiger partial charge in [-0.3, -0.25) is 0 Å². The molecule has 0 aliphatic heterocycles. The SMILES string of the molecule is Cc1ccc(C)c(Nc2nc(C)sc2C#N)c1. The van der Waals surface area contributed by atoms with Gasteiger partial charge < -0.3 is 5.32 Å². The summed E-state index contributed by atoms with van der Waals surface area (Å²) in [5.41, 5.74) is 3.33. The van der Waals surface area contributed by atoms with Crippen LogP contribution in [-0.2, 0) is 0 Å². The quantitative estimate of drug-likeness (QED) is 0.875. The summed E-state index contributed by atoms with van der Waals surface area (Å²) in [5.74, 6) is 0.656. The molecule has 0 radical (unpaired) electrons. The van der Waals surface area contributed by atoms with Gasteiger partial charge in [-0.1, -0.05) is 12.1 Å². The summed E-state index contributed by atoms with van der Waals surface area (Å²) < 4.78 is 0. The van der Waals surface area contributed by atoms with Crippen molar-refractivity contribution in [1.82, 2.24) is 4.98 Å². The average molecular weight is 243 g/mol. The van der Waals surface area contributed by atoms with Gasteiger partial charge >= 0.3 is 0 Å². The fraction of sp³-hybridized carbons (Fsp3) is 0.231. The third kappa shape index (κ3) is 2.45. The highest BCUT2D eigenvalue weighted by Crippen LogP contribution is 2.27. The van der Waals surface area contributed by atoms with Crippen LogP contribution >= 0.6 is 11.3 Å². The van der Waals surface area contributed by atoms with Crippen molar-refractivity contribution in [3.8, 4) is 6.07 Å². The van der Waals surface area contributed by atoms with Crippen molar-refractivity contribution >= 4 is 22.8 Å². The van der Waals surface area contributed by atoms with E-state index in [1.807, 2.05) is 20.8 Å². The number of thiazole rings is 1. The molecule has 1 aromatic heterocycles. The Bertz CT molecular complexity index is 593. The minimum absolute atomic E-state index is 0.628. The number of nitrogens with zero attached hydrogens (tertiary/aromatic N) is 2. The second-order valence-corrected chi connectivity index (χ2v) is 5.17. The lowest BCUT2D eigenvalue weighted by molar-refractivity contribution is 1.27. The number of hydrogen-bond donors (Lipinski definition) is 1. The molecule has 0 atom stereocenters. The van der Waals surface area contributed by atoms with Gasteiger partial charge in [0.05, 0.1) is 5.01 Å². The summed E-state index contributed by atoms with van der Waals surface area (Å²) in [6.07, 6.45) is 0. The number of hydrogen-bond acceptors (Lipinski definition) is 4. The molecule has 0 bridgehead atoms. The van der Waals surface area contributed by atoms with E-state index in [4.69, 9.17) is 5.26 Å². The smallest absolute Gasteiger partial charge is 0.159 e. The Balaban J connectivity index is 2.38. The lowest BCUT2D eigenvalue weighted by atomic mass is 10.1. The zero-order chi connectivity index (χ0) is 12.4. The second kappa shape index (κ2) is 4.56. The molecule has 0 amide bonds. The maximum Gasteiger partial charge on any atom is 0.159 e. The monoisotopic (exact) mass is 243 g/mol. The number of aryl methyl sites for hydroxylation is 3. The molecule has 2 rings (SSSR count). The third-order valence-corrected chi connectivity index (χ3v) is 3.36. The predicted octanol–water partition coefficient (Wildman–Crippen LogP) is 3.68. The highest BCUT2D eigenvalue weighted by Gasteiger charge is 2.09. The zero-order valence-corrected chi connectivity index (χ0v) is 10.9.